The van der Waals surface area contributed by atoms with Crippen molar-refractivity contribution in [1.82, 2.24) is 9.80 Å². The Morgan fingerprint density at radius 3 is 2.31 bits per heavy atom. The number of ether oxygens (including phenoxy) is 3. The summed E-state index contributed by atoms with van der Waals surface area (Å²) in [5.74, 6) is 4.10. The van der Waals surface area contributed by atoms with Gasteiger partial charge >= 0.3 is 0 Å². The molecule has 0 amide bonds. The molecular formula is C24H32N2O3. The van der Waals surface area contributed by atoms with Crippen LogP contribution in [-0.4, -0.2) is 57.8 Å². The summed E-state index contributed by atoms with van der Waals surface area (Å²) >= 11 is 0. The lowest BCUT2D eigenvalue weighted by Gasteiger charge is -2.27. The minimum Gasteiger partial charge on any atom is -0.497 e. The van der Waals surface area contributed by atoms with E-state index in [4.69, 9.17) is 14.2 Å². The van der Waals surface area contributed by atoms with Crippen LogP contribution in [0.4, 0.5) is 0 Å². The number of likely N-dealkylation sites (tertiary alicyclic amines) is 2. The SMILES string of the molecule is COc1ccc([C@H]2[C@@H]3CN(Cc4ccc(OC)c(C)c4OC)C[C@@H]3CN2C)cc1. The second kappa shape index (κ2) is 8.25. The van der Waals surface area contributed by atoms with Gasteiger partial charge in [0.2, 0.25) is 0 Å². The fourth-order valence-electron chi connectivity index (χ4n) is 5.38. The van der Waals surface area contributed by atoms with Crippen molar-refractivity contribution in [2.75, 3.05) is 48.0 Å². The van der Waals surface area contributed by atoms with Crippen molar-refractivity contribution in [3.8, 4) is 17.2 Å². The van der Waals surface area contributed by atoms with E-state index in [0.717, 1.165) is 49.0 Å². The summed E-state index contributed by atoms with van der Waals surface area (Å²) in [6, 6.07) is 13.3. The highest BCUT2D eigenvalue weighted by Crippen LogP contribution is 2.45. The third-order valence-corrected chi connectivity index (χ3v) is 6.68. The van der Waals surface area contributed by atoms with Crippen molar-refractivity contribution in [2.24, 2.45) is 11.8 Å². The van der Waals surface area contributed by atoms with Gasteiger partial charge in [0.1, 0.15) is 17.2 Å². The molecule has 4 rings (SSSR count). The normalized spacial score (nSPS) is 24.5. The summed E-state index contributed by atoms with van der Waals surface area (Å²) in [5, 5.41) is 0. The molecular weight excluding hydrogens is 364 g/mol. The van der Waals surface area contributed by atoms with Gasteiger partial charge in [0.05, 0.1) is 21.3 Å². The van der Waals surface area contributed by atoms with Crippen LogP contribution in [0.3, 0.4) is 0 Å². The molecule has 2 aromatic rings. The molecule has 156 valence electrons. The van der Waals surface area contributed by atoms with Gasteiger partial charge < -0.3 is 14.2 Å². The molecule has 3 atom stereocenters. The highest BCUT2D eigenvalue weighted by molar-refractivity contribution is 5.49. The largest absolute Gasteiger partial charge is 0.497 e. The average Bonchev–Trinajstić information content (AvgIpc) is 3.24. The maximum absolute atomic E-state index is 5.73. The molecule has 0 N–H and O–H groups in total. The van der Waals surface area contributed by atoms with Crippen LogP contribution < -0.4 is 14.2 Å². The van der Waals surface area contributed by atoms with E-state index < -0.39 is 0 Å². The number of fused-ring (bicyclic) bond motifs is 1. The van der Waals surface area contributed by atoms with Crippen LogP contribution in [0.15, 0.2) is 36.4 Å². The minimum absolute atomic E-state index is 0.468. The molecule has 2 fully saturated rings. The van der Waals surface area contributed by atoms with E-state index in [1.165, 1.54) is 11.1 Å². The van der Waals surface area contributed by atoms with Crippen molar-refractivity contribution < 1.29 is 14.2 Å². The molecule has 0 unspecified atom stereocenters. The first kappa shape index (κ1) is 20.0. The molecule has 2 aliphatic heterocycles. The highest BCUT2D eigenvalue weighted by atomic mass is 16.5. The average molecular weight is 397 g/mol. The predicted molar refractivity (Wildman–Crippen MR) is 115 cm³/mol. The lowest BCUT2D eigenvalue weighted by molar-refractivity contribution is 0.223. The second-order valence-electron chi connectivity index (χ2n) is 8.36. The molecule has 2 aromatic carbocycles. The third kappa shape index (κ3) is 3.69. The van der Waals surface area contributed by atoms with Crippen molar-refractivity contribution in [3.63, 3.8) is 0 Å². The first-order chi connectivity index (χ1) is 14.0. The predicted octanol–water partition coefficient (Wildman–Crippen LogP) is 3.76. The Bertz CT molecular complexity index is 852. The molecule has 29 heavy (non-hydrogen) atoms. The van der Waals surface area contributed by atoms with Gasteiger partial charge in [-0.1, -0.05) is 18.2 Å². The highest BCUT2D eigenvalue weighted by Gasteiger charge is 2.46. The molecule has 0 radical (unpaired) electrons. The molecule has 2 aliphatic rings. The minimum atomic E-state index is 0.468. The first-order valence-corrected chi connectivity index (χ1v) is 10.3. The lowest BCUT2D eigenvalue weighted by atomic mass is 9.89. The summed E-state index contributed by atoms with van der Waals surface area (Å²) in [6.07, 6.45) is 0. The van der Waals surface area contributed by atoms with Gasteiger partial charge in [0.25, 0.3) is 0 Å². The van der Waals surface area contributed by atoms with E-state index in [9.17, 15) is 0 Å². The molecule has 5 nitrogen and oxygen atoms in total. The third-order valence-electron chi connectivity index (χ3n) is 6.68. The molecule has 2 saturated heterocycles. The van der Waals surface area contributed by atoms with Gasteiger partial charge in [-0.3, -0.25) is 9.80 Å². The Morgan fingerprint density at radius 2 is 1.66 bits per heavy atom. The van der Waals surface area contributed by atoms with E-state index in [1.807, 2.05) is 0 Å². The van der Waals surface area contributed by atoms with E-state index >= 15 is 0 Å². The Balaban J connectivity index is 1.51. The second-order valence-corrected chi connectivity index (χ2v) is 8.36. The Morgan fingerprint density at radius 1 is 0.897 bits per heavy atom. The molecule has 0 aliphatic carbocycles. The fourth-order valence-corrected chi connectivity index (χ4v) is 5.38. The Labute approximate surface area is 174 Å². The van der Waals surface area contributed by atoms with Crippen molar-refractivity contribution in [1.29, 1.82) is 0 Å². The van der Waals surface area contributed by atoms with Gasteiger partial charge in [-0.15, -0.1) is 0 Å². The Kier molecular flexibility index (Phi) is 5.70. The van der Waals surface area contributed by atoms with Crippen LogP contribution >= 0.6 is 0 Å². The number of hydrogen-bond acceptors (Lipinski definition) is 5. The molecule has 0 aromatic heterocycles. The topological polar surface area (TPSA) is 34.2 Å². The lowest BCUT2D eigenvalue weighted by Crippen LogP contribution is -2.29. The number of hydrogen-bond donors (Lipinski definition) is 0. The summed E-state index contributed by atoms with van der Waals surface area (Å²) in [5.41, 5.74) is 3.70. The van der Waals surface area contributed by atoms with Crippen molar-refractivity contribution in [2.45, 2.75) is 19.5 Å². The zero-order chi connectivity index (χ0) is 20.5. The van der Waals surface area contributed by atoms with Crippen molar-refractivity contribution >= 4 is 0 Å². The summed E-state index contributed by atoms with van der Waals surface area (Å²) in [7, 11) is 7.43. The van der Waals surface area contributed by atoms with Gasteiger partial charge in [0.15, 0.2) is 0 Å². The van der Waals surface area contributed by atoms with Crippen LogP contribution in [-0.2, 0) is 6.54 Å². The van der Waals surface area contributed by atoms with Gasteiger partial charge in [-0.2, -0.15) is 0 Å². The van der Waals surface area contributed by atoms with Gasteiger partial charge in [-0.05, 0) is 49.6 Å². The molecule has 2 heterocycles. The standard InChI is InChI=1S/C24H32N2O3/c1-16-22(28-4)11-8-18(24(16)29-5)13-26-14-19-12-25(2)23(21(19)15-26)17-6-9-20(27-3)10-7-17/h6-11,19,21,23H,12-15H2,1-5H3/t19-,21+,23-/m0/s1. The van der Waals surface area contributed by atoms with Gasteiger partial charge in [0, 0.05) is 43.3 Å². The molecule has 0 saturated carbocycles. The van der Waals surface area contributed by atoms with Crippen molar-refractivity contribution in [3.05, 3.63) is 53.1 Å². The first-order valence-electron chi connectivity index (χ1n) is 10.3. The summed E-state index contributed by atoms with van der Waals surface area (Å²) in [6.45, 7) is 6.38. The quantitative estimate of drug-likeness (QED) is 0.743. The monoisotopic (exact) mass is 396 g/mol. The van der Waals surface area contributed by atoms with Gasteiger partial charge in [-0.25, -0.2) is 0 Å². The molecule has 0 spiro atoms. The number of rotatable bonds is 6. The smallest absolute Gasteiger partial charge is 0.129 e. The number of nitrogens with zero attached hydrogens (tertiary/aromatic N) is 2. The van der Waals surface area contributed by atoms with E-state index in [2.05, 4.69) is 60.2 Å². The zero-order valence-corrected chi connectivity index (χ0v) is 18.1. The fraction of sp³-hybridized carbons (Fsp3) is 0.500. The molecule has 5 heteroatoms. The summed E-state index contributed by atoms with van der Waals surface area (Å²) in [4.78, 5) is 5.11. The van der Waals surface area contributed by atoms with E-state index in [-0.39, 0.29) is 0 Å². The summed E-state index contributed by atoms with van der Waals surface area (Å²) < 4.78 is 16.5. The van der Waals surface area contributed by atoms with Crippen LogP contribution in [0.2, 0.25) is 0 Å². The van der Waals surface area contributed by atoms with Crippen LogP contribution in [0.1, 0.15) is 22.7 Å². The zero-order valence-electron chi connectivity index (χ0n) is 18.1. The van der Waals surface area contributed by atoms with Crippen LogP contribution in [0, 0.1) is 18.8 Å². The Hall–Kier alpha value is -2.24. The maximum Gasteiger partial charge on any atom is 0.129 e. The van der Waals surface area contributed by atoms with E-state index in [1.54, 1.807) is 21.3 Å². The maximum atomic E-state index is 5.73. The van der Waals surface area contributed by atoms with Crippen LogP contribution in [0.5, 0.6) is 17.2 Å². The number of benzene rings is 2. The molecule has 0 bridgehead atoms. The number of methoxy groups -OCH3 is 3. The van der Waals surface area contributed by atoms with E-state index in [0.29, 0.717) is 17.9 Å². The van der Waals surface area contributed by atoms with Crippen LogP contribution in [0.25, 0.3) is 0 Å².